The van der Waals surface area contributed by atoms with E-state index in [1.807, 2.05) is 30.3 Å². The Balaban J connectivity index is 2.05. The predicted molar refractivity (Wildman–Crippen MR) is 74.8 cm³/mol. The Morgan fingerprint density at radius 2 is 1.86 bits per heavy atom. The van der Waals surface area contributed by atoms with Gasteiger partial charge in [0.15, 0.2) is 5.69 Å². The number of esters is 2. The van der Waals surface area contributed by atoms with Gasteiger partial charge in [0.05, 0.1) is 6.61 Å². The third kappa shape index (κ3) is 3.47. The van der Waals surface area contributed by atoms with E-state index in [1.165, 1.54) is 0 Å². The van der Waals surface area contributed by atoms with Crippen molar-refractivity contribution < 1.29 is 19.1 Å². The molecule has 0 spiro atoms. The van der Waals surface area contributed by atoms with E-state index in [9.17, 15) is 9.59 Å². The van der Waals surface area contributed by atoms with Crippen molar-refractivity contribution in [1.29, 1.82) is 0 Å². The standard InChI is InChI=1S/C15H16N2O4/c1-3-20-14(18)12-10(2)13(17-16-12)15(19)21-9-11-7-5-4-6-8-11/h4-8H,3,9H2,1-2H3,(H,16,17). The molecular weight excluding hydrogens is 272 g/mol. The second kappa shape index (κ2) is 6.69. The minimum absolute atomic E-state index is 0.100. The van der Waals surface area contributed by atoms with E-state index >= 15 is 0 Å². The van der Waals surface area contributed by atoms with Crippen LogP contribution in [-0.4, -0.2) is 28.7 Å². The number of carbonyl (C=O) groups is 2. The monoisotopic (exact) mass is 288 g/mol. The van der Waals surface area contributed by atoms with E-state index in [0.717, 1.165) is 5.56 Å². The van der Waals surface area contributed by atoms with Crippen LogP contribution in [0.4, 0.5) is 0 Å². The highest BCUT2D eigenvalue weighted by Gasteiger charge is 2.22. The van der Waals surface area contributed by atoms with Crippen LogP contribution >= 0.6 is 0 Å². The van der Waals surface area contributed by atoms with Gasteiger partial charge in [-0.05, 0) is 19.4 Å². The van der Waals surface area contributed by atoms with Gasteiger partial charge in [-0.3, -0.25) is 5.10 Å². The van der Waals surface area contributed by atoms with E-state index in [-0.39, 0.29) is 24.6 Å². The molecule has 0 bridgehead atoms. The van der Waals surface area contributed by atoms with Crippen molar-refractivity contribution in [1.82, 2.24) is 10.2 Å². The molecule has 0 saturated heterocycles. The molecule has 0 aliphatic carbocycles. The molecular formula is C15H16N2O4. The maximum Gasteiger partial charge on any atom is 0.359 e. The third-order valence-corrected chi connectivity index (χ3v) is 2.90. The summed E-state index contributed by atoms with van der Waals surface area (Å²) >= 11 is 0. The topological polar surface area (TPSA) is 81.3 Å². The second-order valence-corrected chi connectivity index (χ2v) is 4.35. The molecule has 0 saturated carbocycles. The summed E-state index contributed by atoms with van der Waals surface area (Å²) in [5, 5.41) is 6.33. The Morgan fingerprint density at radius 3 is 2.52 bits per heavy atom. The Kier molecular flexibility index (Phi) is 4.71. The van der Waals surface area contributed by atoms with E-state index in [1.54, 1.807) is 13.8 Å². The van der Waals surface area contributed by atoms with Crippen molar-refractivity contribution in [3.63, 3.8) is 0 Å². The fourth-order valence-electron chi connectivity index (χ4n) is 1.79. The number of ether oxygens (including phenoxy) is 2. The minimum atomic E-state index is -0.562. The van der Waals surface area contributed by atoms with Gasteiger partial charge in [-0.25, -0.2) is 9.59 Å². The van der Waals surface area contributed by atoms with E-state index < -0.39 is 11.9 Å². The summed E-state index contributed by atoms with van der Waals surface area (Å²) in [7, 11) is 0. The van der Waals surface area contributed by atoms with E-state index in [2.05, 4.69) is 10.2 Å². The molecule has 6 heteroatoms. The van der Waals surface area contributed by atoms with Crippen LogP contribution < -0.4 is 0 Å². The van der Waals surface area contributed by atoms with E-state index in [0.29, 0.717) is 5.56 Å². The number of nitrogens with zero attached hydrogens (tertiary/aromatic N) is 1. The number of rotatable bonds is 5. The molecule has 0 unspecified atom stereocenters. The van der Waals surface area contributed by atoms with Crippen LogP contribution in [0.3, 0.4) is 0 Å². The fraction of sp³-hybridized carbons (Fsp3) is 0.267. The van der Waals surface area contributed by atoms with Gasteiger partial charge in [0.2, 0.25) is 0 Å². The molecule has 1 heterocycles. The van der Waals surface area contributed by atoms with Crippen LogP contribution in [0.25, 0.3) is 0 Å². The lowest BCUT2D eigenvalue weighted by molar-refractivity contribution is 0.0464. The Labute approximate surface area is 122 Å². The lowest BCUT2D eigenvalue weighted by Gasteiger charge is -2.04. The largest absolute Gasteiger partial charge is 0.461 e. The molecule has 0 fully saturated rings. The third-order valence-electron chi connectivity index (χ3n) is 2.90. The molecule has 0 atom stereocenters. The van der Waals surface area contributed by atoms with Crippen molar-refractivity contribution >= 4 is 11.9 Å². The zero-order valence-electron chi connectivity index (χ0n) is 11.9. The molecule has 2 rings (SSSR count). The molecule has 1 aromatic carbocycles. The molecule has 0 radical (unpaired) electrons. The second-order valence-electron chi connectivity index (χ2n) is 4.35. The van der Waals surface area contributed by atoms with Gasteiger partial charge < -0.3 is 9.47 Å². The summed E-state index contributed by atoms with van der Waals surface area (Å²) in [6.07, 6.45) is 0. The van der Waals surface area contributed by atoms with Gasteiger partial charge in [0.25, 0.3) is 0 Å². The molecule has 0 amide bonds. The first kappa shape index (κ1) is 14.8. The van der Waals surface area contributed by atoms with Crippen LogP contribution in [0.1, 0.15) is 39.0 Å². The molecule has 0 aliphatic heterocycles. The zero-order chi connectivity index (χ0) is 15.2. The number of aromatic nitrogens is 2. The summed E-state index contributed by atoms with van der Waals surface area (Å²) in [6, 6.07) is 9.33. The average Bonchev–Trinajstić information content (AvgIpc) is 2.88. The number of hydrogen-bond donors (Lipinski definition) is 1. The Bertz CT molecular complexity index is 634. The lowest BCUT2D eigenvalue weighted by Crippen LogP contribution is -2.09. The number of H-pyrrole nitrogens is 1. The van der Waals surface area contributed by atoms with Crippen LogP contribution in [0.2, 0.25) is 0 Å². The maximum atomic E-state index is 12.0. The lowest BCUT2D eigenvalue weighted by atomic mass is 10.2. The van der Waals surface area contributed by atoms with Gasteiger partial charge in [0, 0.05) is 5.56 Å². The summed E-state index contributed by atoms with van der Waals surface area (Å²) in [4.78, 5) is 23.6. The highest BCUT2D eigenvalue weighted by molar-refractivity contribution is 5.95. The van der Waals surface area contributed by atoms with Crippen molar-refractivity contribution in [3.8, 4) is 0 Å². The van der Waals surface area contributed by atoms with Crippen molar-refractivity contribution in [3.05, 3.63) is 52.8 Å². The quantitative estimate of drug-likeness (QED) is 0.853. The van der Waals surface area contributed by atoms with Gasteiger partial charge in [0.1, 0.15) is 12.3 Å². The normalized spacial score (nSPS) is 10.2. The number of carbonyl (C=O) groups excluding carboxylic acids is 2. The van der Waals surface area contributed by atoms with E-state index in [4.69, 9.17) is 9.47 Å². The predicted octanol–water partition coefficient (Wildman–Crippen LogP) is 2.25. The molecule has 0 aliphatic rings. The van der Waals surface area contributed by atoms with Crippen LogP contribution in [0.15, 0.2) is 30.3 Å². The van der Waals surface area contributed by atoms with Gasteiger partial charge in [-0.2, -0.15) is 5.10 Å². The summed E-state index contributed by atoms with van der Waals surface area (Å²) < 4.78 is 10.0. The highest BCUT2D eigenvalue weighted by Crippen LogP contribution is 2.13. The Morgan fingerprint density at radius 1 is 1.14 bits per heavy atom. The van der Waals surface area contributed by atoms with Crippen molar-refractivity contribution in [2.75, 3.05) is 6.61 Å². The number of benzene rings is 1. The Hall–Kier alpha value is -2.63. The molecule has 6 nitrogen and oxygen atoms in total. The minimum Gasteiger partial charge on any atom is -0.461 e. The number of aromatic amines is 1. The first-order valence-corrected chi connectivity index (χ1v) is 6.56. The fourth-order valence-corrected chi connectivity index (χ4v) is 1.79. The summed E-state index contributed by atoms with van der Waals surface area (Å²) in [5.41, 5.74) is 1.57. The molecule has 21 heavy (non-hydrogen) atoms. The van der Waals surface area contributed by atoms with Gasteiger partial charge >= 0.3 is 11.9 Å². The number of hydrogen-bond acceptors (Lipinski definition) is 5. The first-order chi connectivity index (χ1) is 10.1. The first-order valence-electron chi connectivity index (χ1n) is 6.56. The van der Waals surface area contributed by atoms with Crippen LogP contribution in [-0.2, 0) is 16.1 Å². The molecule has 110 valence electrons. The number of nitrogens with one attached hydrogen (secondary N) is 1. The average molecular weight is 288 g/mol. The van der Waals surface area contributed by atoms with Gasteiger partial charge in [-0.1, -0.05) is 30.3 Å². The van der Waals surface area contributed by atoms with Crippen molar-refractivity contribution in [2.24, 2.45) is 0 Å². The highest BCUT2D eigenvalue weighted by atomic mass is 16.5. The van der Waals surface area contributed by atoms with Crippen LogP contribution in [0.5, 0.6) is 0 Å². The smallest absolute Gasteiger partial charge is 0.359 e. The summed E-state index contributed by atoms with van der Waals surface area (Å²) in [5.74, 6) is -1.12. The molecule has 2 aromatic rings. The molecule has 1 aromatic heterocycles. The van der Waals surface area contributed by atoms with Crippen molar-refractivity contribution in [2.45, 2.75) is 20.5 Å². The SMILES string of the molecule is CCOC(=O)c1n[nH]c(C(=O)OCc2ccccc2)c1C. The van der Waals surface area contributed by atoms with Crippen LogP contribution in [0, 0.1) is 6.92 Å². The molecule has 1 N–H and O–H groups in total. The zero-order valence-corrected chi connectivity index (χ0v) is 11.9. The maximum absolute atomic E-state index is 12.0. The summed E-state index contributed by atoms with van der Waals surface area (Å²) in [6.45, 7) is 3.73. The van der Waals surface area contributed by atoms with Gasteiger partial charge in [-0.15, -0.1) is 0 Å².